The summed E-state index contributed by atoms with van der Waals surface area (Å²) >= 11 is 0. The molecule has 1 heterocycles. The first-order chi connectivity index (χ1) is 25.0. The van der Waals surface area contributed by atoms with Crippen molar-refractivity contribution in [2.75, 3.05) is 0 Å². The van der Waals surface area contributed by atoms with Crippen molar-refractivity contribution in [2.24, 2.45) is 0 Å². The predicted octanol–water partition coefficient (Wildman–Crippen LogP) is 12.1. The van der Waals surface area contributed by atoms with E-state index in [1.807, 2.05) is 36.4 Å². The third-order valence-electron chi connectivity index (χ3n) is 11.9. The molecule has 0 radical (unpaired) electrons. The van der Waals surface area contributed by atoms with Gasteiger partial charge in [0.25, 0.3) is 0 Å². The molecule has 3 aliphatic rings. The Balaban J connectivity index is 1.05. The van der Waals surface area contributed by atoms with Gasteiger partial charge >= 0.3 is 0 Å². The van der Waals surface area contributed by atoms with E-state index in [4.69, 9.17) is 15.0 Å². The van der Waals surface area contributed by atoms with Crippen molar-refractivity contribution in [3.8, 4) is 67.5 Å². The SMILES string of the molecule is CC1(C)c2ccccc2-c2cc3c(cc21)-c1ccc(-c2ccc(-c4nc(-c5ccccc5)nc(-c5ccccc5)n4)cc2)cc1C31CCCCC1. The molecule has 0 unspecified atom stereocenters. The van der Waals surface area contributed by atoms with Gasteiger partial charge < -0.3 is 0 Å². The van der Waals surface area contributed by atoms with E-state index < -0.39 is 0 Å². The van der Waals surface area contributed by atoms with Gasteiger partial charge in [-0.05, 0) is 86.7 Å². The van der Waals surface area contributed by atoms with Crippen molar-refractivity contribution in [1.82, 2.24) is 15.0 Å². The Kier molecular flexibility index (Phi) is 6.76. The van der Waals surface area contributed by atoms with E-state index in [0.29, 0.717) is 17.5 Å². The minimum atomic E-state index is -0.00657. The molecule has 0 saturated heterocycles. The lowest BCUT2D eigenvalue weighted by Crippen LogP contribution is -2.28. The average molecular weight is 658 g/mol. The highest BCUT2D eigenvalue weighted by Crippen LogP contribution is 2.60. The molecule has 1 fully saturated rings. The van der Waals surface area contributed by atoms with Crippen LogP contribution in [0.15, 0.2) is 140 Å². The fourth-order valence-electron chi connectivity index (χ4n) is 9.31. The van der Waals surface area contributed by atoms with Crippen molar-refractivity contribution >= 4 is 0 Å². The Morgan fingerprint density at radius 1 is 0.373 bits per heavy atom. The normalized spacial score (nSPS) is 16.0. The number of aromatic nitrogens is 3. The van der Waals surface area contributed by atoms with Gasteiger partial charge in [0.1, 0.15) is 0 Å². The van der Waals surface area contributed by atoms with Crippen LogP contribution in [0.25, 0.3) is 67.5 Å². The molecule has 246 valence electrons. The van der Waals surface area contributed by atoms with Crippen LogP contribution in [0.1, 0.15) is 68.2 Å². The summed E-state index contributed by atoms with van der Waals surface area (Å²) in [4.78, 5) is 14.8. The molecule has 3 nitrogen and oxygen atoms in total. The van der Waals surface area contributed by atoms with E-state index in [1.165, 1.54) is 82.2 Å². The van der Waals surface area contributed by atoms with Crippen molar-refractivity contribution in [3.05, 3.63) is 162 Å². The standard InChI is InChI=1S/C48H39N3/c1-47(2)40-19-11-10-18-36(40)38-30-43-39(29-41(38)47)37-25-24-35(28-42(37)48(43)26-12-5-13-27-48)31-20-22-34(23-21-31)46-50-44(32-14-6-3-7-15-32)49-45(51-46)33-16-8-4-9-17-33/h3-4,6-11,14-25,28-30H,5,12-13,26-27H2,1-2H3. The highest BCUT2D eigenvalue weighted by molar-refractivity contribution is 5.91. The van der Waals surface area contributed by atoms with Crippen LogP contribution in [0.4, 0.5) is 0 Å². The molecule has 3 heteroatoms. The summed E-state index contributed by atoms with van der Waals surface area (Å²) in [5, 5.41) is 0. The van der Waals surface area contributed by atoms with Crippen LogP contribution in [-0.2, 0) is 10.8 Å². The zero-order valence-electron chi connectivity index (χ0n) is 29.2. The first-order valence-electron chi connectivity index (χ1n) is 18.4. The first-order valence-corrected chi connectivity index (χ1v) is 18.4. The maximum Gasteiger partial charge on any atom is 0.164 e. The number of benzene rings is 6. The summed E-state index contributed by atoms with van der Waals surface area (Å²) < 4.78 is 0. The predicted molar refractivity (Wildman–Crippen MR) is 208 cm³/mol. The maximum absolute atomic E-state index is 4.96. The number of nitrogens with zero attached hydrogens (tertiary/aromatic N) is 3. The summed E-state index contributed by atoms with van der Waals surface area (Å²) in [7, 11) is 0. The molecule has 0 bridgehead atoms. The first kappa shape index (κ1) is 30.2. The molecule has 3 aliphatic carbocycles. The van der Waals surface area contributed by atoms with E-state index >= 15 is 0 Å². The topological polar surface area (TPSA) is 38.7 Å². The number of fused-ring (bicyclic) bond motifs is 8. The van der Waals surface area contributed by atoms with E-state index in [9.17, 15) is 0 Å². The molecule has 7 aromatic rings. The molecule has 0 amide bonds. The van der Waals surface area contributed by atoms with Crippen molar-refractivity contribution < 1.29 is 0 Å². The summed E-state index contributed by atoms with van der Waals surface area (Å²) in [6.07, 6.45) is 6.30. The largest absolute Gasteiger partial charge is 0.208 e. The summed E-state index contributed by atoms with van der Waals surface area (Å²) in [5.74, 6) is 2.03. The Hall–Kier alpha value is -5.67. The molecular formula is C48H39N3. The number of rotatable bonds is 4. The molecule has 6 aromatic carbocycles. The molecule has 0 N–H and O–H groups in total. The van der Waals surface area contributed by atoms with Gasteiger partial charge in [0.15, 0.2) is 17.5 Å². The summed E-state index contributed by atoms with van der Waals surface area (Å²) in [5.41, 5.74) is 17.2. The second-order valence-corrected chi connectivity index (χ2v) is 15.1. The van der Waals surface area contributed by atoms with Crippen molar-refractivity contribution in [3.63, 3.8) is 0 Å². The van der Waals surface area contributed by atoms with Gasteiger partial charge in [0.05, 0.1) is 0 Å². The fraction of sp³-hybridized carbons (Fsp3) is 0.188. The highest BCUT2D eigenvalue weighted by Gasteiger charge is 2.46. The third-order valence-corrected chi connectivity index (χ3v) is 11.9. The molecule has 1 aromatic heterocycles. The maximum atomic E-state index is 4.96. The Morgan fingerprint density at radius 3 is 1.49 bits per heavy atom. The van der Waals surface area contributed by atoms with Crippen LogP contribution in [0.2, 0.25) is 0 Å². The van der Waals surface area contributed by atoms with Gasteiger partial charge in [-0.3, -0.25) is 0 Å². The minimum Gasteiger partial charge on any atom is -0.208 e. The number of hydrogen-bond acceptors (Lipinski definition) is 3. The molecule has 10 rings (SSSR count). The fourth-order valence-corrected chi connectivity index (χ4v) is 9.31. The van der Waals surface area contributed by atoms with Crippen LogP contribution in [0, 0.1) is 0 Å². The van der Waals surface area contributed by atoms with Gasteiger partial charge in [-0.2, -0.15) is 0 Å². The van der Waals surface area contributed by atoms with Crippen LogP contribution in [-0.4, -0.2) is 15.0 Å². The Bertz CT molecular complexity index is 2400. The quantitative estimate of drug-likeness (QED) is 0.189. The lowest BCUT2D eigenvalue weighted by atomic mass is 9.67. The smallest absolute Gasteiger partial charge is 0.164 e. The summed E-state index contributed by atoms with van der Waals surface area (Å²) in [6.45, 7) is 4.79. The lowest BCUT2D eigenvalue weighted by molar-refractivity contribution is 0.353. The molecule has 0 atom stereocenters. The zero-order valence-corrected chi connectivity index (χ0v) is 29.2. The molecule has 0 aliphatic heterocycles. The minimum absolute atomic E-state index is 0.00657. The molecule has 1 saturated carbocycles. The van der Waals surface area contributed by atoms with Gasteiger partial charge in [0, 0.05) is 27.5 Å². The Morgan fingerprint density at radius 2 is 0.843 bits per heavy atom. The van der Waals surface area contributed by atoms with Crippen LogP contribution >= 0.6 is 0 Å². The molecule has 51 heavy (non-hydrogen) atoms. The highest BCUT2D eigenvalue weighted by atomic mass is 15.0. The number of hydrogen-bond donors (Lipinski definition) is 0. The average Bonchev–Trinajstić information content (AvgIpc) is 3.58. The van der Waals surface area contributed by atoms with Crippen LogP contribution in [0.5, 0.6) is 0 Å². The van der Waals surface area contributed by atoms with E-state index in [0.717, 1.165) is 16.7 Å². The molecular weight excluding hydrogens is 619 g/mol. The van der Waals surface area contributed by atoms with Gasteiger partial charge in [-0.15, -0.1) is 0 Å². The van der Waals surface area contributed by atoms with Gasteiger partial charge in [-0.25, -0.2) is 15.0 Å². The van der Waals surface area contributed by atoms with E-state index in [-0.39, 0.29) is 10.8 Å². The second-order valence-electron chi connectivity index (χ2n) is 15.1. The van der Waals surface area contributed by atoms with Crippen LogP contribution in [0.3, 0.4) is 0 Å². The van der Waals surface area contributed by atoms with Crippen molar-refractivity contribution in [2.45, 2.75) is 56.8 Å². The van der Waals surface area contributed by atoms with Crippen LogP contribution < -0.4 is 0 Å². The monoisotopic (exact) mass is 657 g/mol. The molecule has 1 spiro atoms. The Labute approximate surface area is 300 Å². The second kappa shape index (κ2) is 11.4. The zero-order chi connectivity index (χ0) is 34.2. The third kappa shape index (κ3) is 4.68. The van der Waals surface area contributed by atoms with Crippen molar-refractivity contribution in [1.29, 1.82) is 0 Å². The van der Waals surface area contributed by atoms with Gasteiger partial charge in [-0.1, -0.05) is 154 Å². The lowest BCUT2D eigenvalue weighted by Gasteiger charge is -2.36. The van der Waals surface area contributed by atoms with E-state index in [1.54, 1.807) is 5.56 Å². The van der Waals surface area contributed by atoms with E-state index in [2.05, 4.69) is 117 Å². The van der Waals surface area contributed by atoms with Gasteiger partial charge in [0.2, 0.25) is 0 Å². The summed E-state index contributed by atoms with van der Waals surface area (Å²) in [6, 6.07) is 50.6.